The molecule has 0 bridgehead atoms. The molecule has 0 radical (unpaired) electrons. The van der Waals surface area contributed by atoms with E-state index < -0.39 is 0 Å². The number of rotatable bonds is 3. The lowest BCUT2D eigenvalue weighted by atomic mass is 9.39. The van der Waals surface area contributed by atoms with Crippen LogP contribution in [-0.4, -0.2) is 6.71 Å². The average molecular weight is 947 g/mol. The highest BCUT2D eigenvalue weighted by Gasteiger charge is 2.49. The molecular weight excluding hydrogens is 872 g/mol. The fourth-order valence-electron chi connectivity index (χ4n) is 13.5. The second kappa shape index (κ2) is 15.1. The van der Waals surface area contributed by atoms with Gasteiger partial charge in [0.05, 0.1) is 11.4 Å². The molecule has 0 N–H and O–H groups in total. The molecule has 2 aromatic heterocycles. The van der Waals surface area contributed by atoms with E-state index in [0.717, 1.165) is 0 Å². The van der Waals surface area contributed by atoms with Crippen LogP contribution in [0.2, 0.25) is 0 Å². The van der Waals surface area contributed by atoms with Crippen LogP contribution >= 0.6 is 22.7 Å². The molecule has 0 atom stereocenters. The fraction of sp³-hybridized carbons (Fsp3) is 0.469. The molecule has 0 unspecified atom stereocenters. The summed E-state index contributed by atoms with van der Waals surface area (Å²) in [6, 6.07) is 35.5. The zero-order chi connectivity index (χ0) is 48.5. The summed E-state index contributed by atoms with van der Waals surface area (Å²) in [5, 5.41) is 2.85. The first-order valence-corrected chi connectivity index (χ1v) is 28.3. The first-order valence-electron chi connectivity index (χ1n) is 26.7. The maximum Gasteiger partial charge on any atom is 0.277 e. The predicted molar refractivity (Wildman–Crippen MR) is 305 cm³/mol. The number of hydrogen-bond donors (Lipinski definition) is 0. The predicted octanol–water partition coefficient (Wildman–Crippen LogP) is 17.5. The zero-order valence-electron chi connectivity index (χ0n) is 44.3. The van der Waals surface area contributed by atoms with Crippen LogP contribution in [0.4, 0.5) is 34.1 Å². The van der Waals surface area contributed by atoms with Crippen LogP contribution in [0.3, 0.4) is 0 Å². The number of fused-ring (bicyclic) bond motifs is 10. The van der Waals surface area contributed by atoms with E-state index in [4.69, 9.17) is 0 Å². The van der Waals surface area contributed by atoms with Gasteiger partial charge in [-0.05, 0) is 182 Å². The van der Waals surface area contributed by atoms with Crippen LogP contribution < -0.4 is 24.8 Å². The minimum atomic E-state index is 0.0630. The quantitative estimate of drug-likeness (QED) is 0.163. The van der Waals surface area contributed by atoms with Crippen LogP contribution in [0.1, 0.15) is 200 Å². The number of benzene rings is 5. The summed E-state index contributed by atoms with van der Waals surface area (Å²) in [7, 11) is 0. The van der Waals surface area contributed by atoms with E-state index in [2.05, 4.69) is 214 Å². The van der Waals surface area contributed by atoms with Crippen molar-refractivity contribution in [3.63, 3.8) is 0 Å². The van der Waals surface area contributed by atoms with Crippen LogP contribution in [0, 0.1) is 0 Å². The summed E-state index contributed by atoms with van der Waals surface area (Å²) < 4.78 is 5.88. The van der Waals surface area contributed by atoms with E-state index in [0.29, 0.717) is 5.92 Å². The van der Waals surface area contributed by atoms with Gasteiger partial charge in [-0.1, -0.05) is 140 Å². The van der Waals surface area contributed by atoms with Gasteiger partial charge in [0, 0.05) is 52.5 Å². The van der Waals surface area contributed by atoms with Gasteiger partial charge >= 0.3 is 0 Å². The molecule has 4 heterocycles. The SMILES string of the molecule is CC(C)(C)c1ccc(N2c3cc(C4CCCCC4)cc4c3B(c3sc5cc6c(cc5c32)C(C)(C)CCC6(C)C)c2sc3cc5c(cc3c2N4c2ccc(C(C)(C)C)cc2)C(C)(C)CCC5(C)C)cc1. The molecule has 0 spiro atoms. The molecule has 0 amide bonds. The highest BCUT2D eigenvalue weighted by molar-refractivity contribution is 7.40. The van der Waals surface area contributed by atoms with E-state index in [-0.39, 0.29) is 39.2 Å². The summed E-state index contributed by atoms with van der Waals surface area (Å²) in [6.07, 6.45) is 11.3. The summed E-state index contributed by atoms with van der Waals surface area (Å²) in [5.41, 5.74) is 20.7. The Labute approximate surface area is 423 Å². The molecule has 5 aromatic carbocycles. The topological polar surface area (TPSA) is 6.48 Å². The molecule has 356 valence electrons. The number of nitrogens with zero attached hydrogens (tertiary/aromatic N) is 2. The van der Waals surface area contributed by atoms with Crippen LogP contribution in [0.15, 0.2) is 84.9 Å². The number of anilines is 6. The Kier molecular flexibility index (Phi) is 10.0. The lowest BCUT2D eigenvalue weighted by Crippen LogP contribution is -2.59. The van der Waals surface area contributed by atoms with Crippen LogP contribution in [0.25, 0.3) is 20.2 Å². The number of hydrogen-bond acceptors (Lipinski definition) is 4. The van der Waals surface area contributed by atoms with Crippen molar-refractivity contribution in [2.75, 3.05) is 9.80 Å². The van der Waals surface area contributed by atoms with E-state index >= 15 is 0 Å². The third kappa shape index (κ3) is 7.03. The summed E-state index contributed by atoms with van der Waals surface area (Å²) >= 11 is 4.19. The van der Waals surface area contributed by atoms with E-state index in [9.17, 15) is 0 Å². The molecule has 5 heteroatoms. The molecule has 12 rings (SSSR count). The van der Waals surface area contributed by atoms with Crippen molar-refractivity contribution in [3.8, 4) is 0 Å². The van der Waals surface area contributed by atoms with Crippen molar-refractivity contribution in [2.24, 2.45) is 0 Å². The molecule has 1 saturated carbocycles. The zero-order valence-corrected chi connectivity index (χ0v) is 45.9. The summed E-state index contributed by atoms with van der Waals surface area (Å²) in [6.45, 7) is 34.2. The Bertz CT molecular complexity index is 3020. The van der Waals surface area contributed by atoms with Gasteiger partial charge in [-0.3, -0.25) is 0 Å². The van der Waals surface area contributed by atoms with Crippen LogP contribution in [-0.2, 0) is 32.5 Å². The Balaban J connectivity index is 1.23. The number of thiophene rings is 2. The van der Waals surface area contributed by atoms with Gasteiger partial charge < -0.3 is 9.80 Å². The molecule has 3 aliphatic carbocycles. The highest BCUT2D eigenvalue weighted by atomic mass is 32.1. The van der Waals surface area contributed by atoms with Gasteiger partial charge in [0.2, 0.25) is 0 Å². The smallest absolute Gasteiger partial charge is 0.277 e. The summed E-state index contributed by atoms with van der Waals surface area (Å²) in [4.78, 5) is 5.52. The first kappa shape index (κ1) is 45.8. The molecule has 0 saturated heterocycles. The molecule has 2 aliphatic heterocycles. The van der Waals surface area contributed by atoms with Gasteiger partial charge in [0.15, 0.2) is 0 Å². The van der Waals surface area contributed by atoms with Crippen molar-refractivity contribution in [3.05, 3.63) is 124 Å². The Morgan fingerprint density at radius 3 is 1.20 bits per heavy atom. The molecule has 2 nitrogen and oxygen atoms in total. The van der Waals surface area contributed by atoms with Gasteiger partial charge in [0.25, 0.3) is 6.71 Å². The van der Waals surface area contributed by atoms with Gasteiger partial charge in [-0.2, -0.15) is 0 Å². The molecule has 1 fully saturated rings. The monoisotopic (exact) mass is 947 g/mol. The summed E-state index contributed by atoms with van der Waals surface area (Å²) in [5.74, 6) is 0.542. The Hall–Kier alpha value is -4.32. The van der Waals surface area contributed by atoms with Crippen molar-refractivity contribution in [1.82, 2.24) is 0 Å². The maximum atomic E-state index is 2.76. The standard InChI is InChI=1S/C64H75BN2S2/c1-59(2,3)40-20-24-42(25-21-40)66-50-32-39(38-18-16-15-17-19-38)33-51-54(50)65(57-55(66)44-34-46-48(36-52(44)68-57)63(11,12)30-28-61(46,7)8)58-56(67(51)43-26-22-41(23-27-43)60(4,5)6)45-35-47-49(37-53(45)69-58)64(13,14)31-29-62(47,9)10/h20-27,32-38H,15-19,28-31H2,1-14H3. The average Bonchev–Trinajstić information content (AvgIpc) is 3.86. The second-order valence-corrected chi connectivity index (χ2v) is 29.1. The first-order chi connectivity index (χ1) is 32.4. The van der Waals surface area contributed by atoms with Gasteiger partial charge in [-0.15, -0.1) is 22.7 Å². The maximum absolute atomic E-state index is 2.76. The molecule has 69 heavy (non-hydrogen) atoms. The lowest BCUT2D eigenvalue weighted by molar-refractivity contribution is 0.332. The minimum Gasteiger partial charge on any atom is -0.310 e. The van der Waals surface area contributed by atoms with E-state index in [1.807, 2.05) is 0 Å². The van der Waals surface area contributed by atoms with Crippen LogP contribution in [0.5, 0.6) is 0 Å². The van der Waals surface area contributed by atoms with Crippen molar-refractivity contribution >= 4 is 98.7 Å². The minimum absolute atomic E-state index is 0.0630. The fourth-order valence-corrected chi connectivity index (χ4v) is 16.3. The lowest BCUT2D eigenvalue weighted by Gasteiger charge is -2.44. The Morgan fingerprint density at radius 1 is 0.478 bits per heavy atom. The molecule has 7 aromatic rings. The third-order valence-corrected chi connectivity index (χ3v) is 20.7. The normalized spacial score (nSPS) is 20.1. The largest absolute Gasteiger partial charge is 0.310 e. The molecule has 5 aliphatic rings. The third-order valence-electron chi connectivity index (χ3n) is 18.3. The van der Waals surface area contributed by atoms with E-state index in [1.165, 1.54) is 144 Å². The van der Waals surface area contributed by atoms with Gasteiger partial charge in [0.1, 0.15) is 0 Å². The van der Waals surface area contributed by atoms with E-state index in [1.54, 1.807) is 22.3 Å². The van der Waals surface area contributed by atoms with Gasteiger partial charge in [-0.25, -0.2) is 0 Å². The van der Waals surface area contributed by atoms with Crippen molar-refractivity contribution < 1.29 is 0 Å². The Morgan fingerprint density at radius 2 is 0.841 bits per heavy atom. The highest BCUT2D eigenvalue weighted by Crippen LogP contribution is 2.56. The second-order valence-electron chi connectivity index (χ2n) is 27.0. The molecular formula is C64H75BN2S2. The van der Waals surface area contributed by atoms with Crippen molar-refractivity contribution in [2.45, 2.75) is 193 Å². The van der Waals surface area contributed by atoms with Crippen molar-refractivity contribution in [1.29, 1.82) is 0 Å².